The van der Waals surface area contributed by atoms with E-state index in [-0.39, 0.29) is 6.42 Å². The topological polar surface area (TPSA) is 79.8 Å². The molecular formula is C19H20ClN3O3. The second-order valence-corrected chi connectivity index (χ2v) is 5.85. The monoisotopic (exact) mass is 373 g/mol. The molecule has 0 spiro atoms. The number of nitrogens with zero attached hydrogens (tertiary/aromatic N) is 1. The largest absolute Gasteiger partial charge is 0.493 e. The maximum Gasteiger partial charge on any atom is 0.249 e. The van der Waals surface area contributed by atoms with E-state index in [9.17, 15) is 9.59 Å². The van der Waals surface area contributed by atoms with Gasteiger partial charge in [0.1, 0.15) is 12.2 Å². The van der Waals surface area contributed by atoms with Gasteiger partial charge in [-0.2, -0.15) is 5.10 Å². The van der Waals surface area contributed by atoms with Crippen molar-refractivity contribution >= 4 is 35.3 Å². The number of anilines is 1. The Bertz CT molecular complexity index is 776. The number of amides is 2. The fourth-order valence-electron chi connectivity index (χ4n) is 2.03. The Morgan fingerprint density at radius 3 is 2.58 bits per heavy atom. The quantitative estimate of drug-likeness (QED) is 0.421. The molecule has 0 bridgehead atoms. The number of hydrazone groups is 1. The highest BCUT2D eigenvalue weighted by Gasteiger charge is 2.09. The lowest BCUT2D eigenvalue weighted by atomic mass is 10.2. The van der Waals surface area contributed by atoms with Gasteiger partial charge in [0.25, 0.3) is 0 Å². The standard InChI is InChI=1S/C19H20ClN3O3/c1-2-11-26-17-6-4-3-5-14(17)13-21-23-19(25)12-18(24)22-16-9-7-15(20)8-10-16/h3-10,13H,2,11-12H2,1H3,(H,22,24)(H,23,25). The maximum absolute atomic E-state index is 11.8. The van der Waals surface area contributed by atoms with Crippen LogP contribution in [0.25, 0.3) is 0 Å². The average Bonchev–Trinajstić information content (AvgIpc) is 2.62. The van der Waals surface area contributed by atoms with Crippen molar-refractivity contribution in [3.8, 4) is 5.75 Å². The Balaban J connectivity index is 1.83. The lowest BCUT2D eigenvalue weighted by Gasteiger charge is -2.07. The number of nitrogens with one attached hydrogen (secondary N) is 2. The molecule has 0 aliphatic heterocycles. The van der Waals surface area contributed by atoms with Gasteiger partial charge in [-0.1, -0.05) is 30.7 Å². The summed E-state index contributed by atoms with van der Waals surface area (Å²) in [5.41, 5.74) is 3.64. The fourth-order valence-corrected chi connectivity index (χ4v) is 2.15. The van der Waals surface area contributed by atoms with Gasteiger partial charge in [-0.25, -0.2) is 5.43 Å². The van der Waals surface area contributed by atoms with Crippen LogP contribution in [0.2, 0.25) is 5.02 Å². The highest BCUT2D eigenvalue weighted by molar-refractivity contribution is 6.30. The van der Waals surface area contributed by atoms with Crippen molar-refractivity contribution < 1.29 is 14.3 Å². The molecule has 2 amide bonds. The molecule has 0 unspecified atom stereocenters. The molecule has 7 heteroatoms. The summed E-state index contributed by atoms with van der Waals surface area (Å²) in [5, 5.41) is 7.06. The number of hydrogen-bond acceptors (Lipinski definition) is 4. The summed E-state index contributed by atoms with van der Waals surface area (Å²) in [7, 11) is 0. The lowest BCUT2D eigenvalue weighted by molar-refractivity contribution is -0.126. The predicted octanol–water partition coefficient (Wildman–Crippen LogP) is 3.61. The van der Waals surface area contributed by atoms with Crippen LogP contribution >= 0.6 is 11.6 Å². The van der Waals surface area contributed by atoms with Gasteiger partial charge in [0.2, 0.25) is 11.8 Å². The molecule has 0 radical (unpaired) electrons. The van der Waals surface area contributed by atoms with Crippen LogP contribution in [0, 0.1) is 0 Å². The molecule has 0 fully saturated rings. The van der Waals surface area contributed by atoms with Gasteiger partial charge in [0.05, 0.1) is 12.8 Å². The molecule has 26 heavy (non-hydrogen) atoms. The summed E-state index contributed by atoms with van der Waals surface area (Å²) in [6.45, 7) is 2.62. The Morgan fingerprint density at radius 1 is 1.12 bits per heavy atom. The zero-order valence-corrected chi connectivity index (χ0v) is 15.1. The second-order valence-electron chi connectivity index (χ2n) is 5.41. The third-order valence-electron chi connectivity index (χ3n) is 3.22. The van der Waals surface area contributed by atoms with Crippen LogP contribution < -0.4 is 15.5 Å². The number of hydrogen-bond donors (Lipinski definition) is 2. The van der Waals surface area contributed by atoms with Gasteiger partial charge in [-0.05, 0) is 42.8 Å². The zero-order chi connectivity index (χ0) is 18.8. The molecular weight excluding hydrogens is 354 g/mol. The minimum Gasteiger partial charge on any atom is -0.493 e. The minimum atomic E-state index is -0.514. The van der Waals surface area contributed by atoms with Crippen molar-refractivity contribution in [2.75, 3.05) is 11.9 Å². The Morgan fingerprint density at radius 2 is 1.85 bits per heavy atom. The predicted molar refractivity (Wildman–Crippen MR) is 103 cm³/mol. The van der Waals surface area contributed by atoms with Crippen molar-refractivity contribution in [2.45, 2.75) is 19.8 Å². The zero-order valence-electron chi connectivity index (χ0n) is 14.4. The van der Waals surface area contributed by atoms with Crippen LogP contribution in [0.1, 0.15) is 25.3 Å². The van der Waals surface area contributed by atoms with E-state index in [0.717, 1.165) is 12.0 Å². The molecule has 0 atom stereocenters. The van der Waals surface area contributed by atoms with Gasteiger partial charge in [-0.3, -0.25) is 9.59 Å². The summed E-state index contributed by atoms with van der Waals surface area (Å²) >= 11 is 5.78. The van der Waals surface area contributed by atoms with E-state index < -0.39 is 11.8 Å². The first kappa shape index (κ1) is 19.5. The summed E-state index contributed by atoms with van der Waals surface area (Å²) in [4.78, 5) is 23.6. The van der Waals surface area contributed by atoms with Crippen LogP contribution in [-0.4, -0.2) is 24.6 Å². The van der Waals surface area contributed by atoms with Crippen molar-refractivity contribution in [1.82, 2.24) is 5.43 Å². The number of carbonyl (C=O) groups is 2. The van der Waals surface area contributed by atoms with Crippen LogP contribution in [0.4, 0.5) is 5.69 Å². The Hall–Kier alpha value is -2.86. The molecule has 0 aliphatic rings. The van der Waals surface area contributed by atoms with E-state index in [4.69, 9.17) is 16.3 Å². The first-order valence-electron chi connectivity index (χ1n) is 8.17. The molecule has 0 saturated carbocycles. The molecule has 2 aromatic rings. The molecule has 6 nitrogen and oxygen atoms in total. The SMILES string of the molecule is CCCOc1ccccc1C=NNC(=O)CC(=O)Nc1ccc(Cl)cc1. The fraction of sp³-hybridized carbons (Fsp3) is 0.211. The highest BCUT2D eigenvalue weighted by Crippen LogP contribution is 2.16. The van der Waals surface area contributed by atoms with Gasteiger partial charge in [0.15, 0.2) is 0 Å². The number of benzene rings is 2. The number of carbonyl (C=O) groups excluding carboxylic acids is 2. The van der Waals surface area contributed by atoms with Crippen LogP contribution in [-0.2, 0) is 9.59 Å². The first-order valence-corrected chi connectivity index (χ1v) is 8.55. The van der Waals surface area contributed by atoms with Gasteiger partial charge in [0, 0.05) is 16.3 Å². The molecule has 2 rings (SSSR count). The first-order chi connectivity index (χ1) is 12.6. The molecule has 0 aliphatic carbocycles. The molecule has 136 valence electrons. The Labute approximate surface area is 157 Å². The minimum absolute atomic E-state index is 0.339. The van der Waals surface area contributed by atoms with E-state index in [0.29, 0.717) is 23.1 Å². The number of halogens is 1. The maximum atomic E-state index is 11.8. The average molecular weight is 374 g/mol. The van der Waals surface area contributed by atoms with Crippen LogP contribution in [0.5, 0.6) is 5.75 Å². The van der Waals surface area contributed by atoms with Crippen molar-refractivity contribution in [3.63, 3.8) is 0 Å². The Kier molecular flexibility index (Phi) is 7.64. The number of ether oxygens (including phenoxy) is 1. The van der Waals surface area contributed by atoms with Crippen molar-refractivity contribution in [2.24, 2.45) is 5.10 Å². The summed E-state index contributed by atoms with van der Waals surface area (Å²) in [6.07, 6.45) is 2.04. The van der Waals surface area contributed by atoms with E-state index >= 15 is 0 Å². The molecule has 0 heterocycles. The summed E-state index contributed by atoms with van der Waals surface area (Å²) in [5.74, 6) is -0.265. The summed E-state index contributed by atoms with van der Waals surface area (Å²) < 4.78 is 5.61. The number of rotatable bonds is 8. The third-order valence-corrected chi connectivity index (χ3v) is 3.47. The number of para-hydroxylation sites is 1. The second kappa shape index (κ2) is 10.2. The van der Waals surface area contributed by atoms with Gasteiger partial charge in [-0.15, -0.1) is 0 Å². The normalized spacial score (nSPS) is 10.5. The van der Waals surface area contributed by atoms with Crippen molar-refractivity contribution in [1.29, 1.82) is 0 Å². The molecule has 0 aromatic heterocycles. The molecule has 0 saturated heterocycles. The van der Waals surface area contributed by atoms with Gasteiger partial charge >= 0.3 is 0 Å². The van der Waals surface area contributed by atoms with E-state index in [1.165, 1.54) is 6.21 Å². The molecule has 2 aromatic carbocycles. The van der Waals surface area contributed by atoms with E-state index in [2.05, 4.69) is 15.8 Å². The lowest BCUT2D eigenvalue weighted by Crippen LogP contribution is -2.24. The summed E-state index contributed by atoms with van der Waals surface area (Å²) in [6, 6.07) is 14.0. The van der Waals surface area contributed by atoms with Crippen LogP contribution in [0.3, 0.4) is 0 Å². The van der Waals surface area contributed by atoms with Crippen LogP contribution in [0.15, 0.2) is 53.6 Å². The van der Waals surface area contributed by atoms with E-state index in [1.807, 2.05) is 31.2 Å². The van der Waals surface area contributed by atoms with Gasteiger partial charge < -0.3 is 10.1 Å². The van der Waals surface area contributed by atoms with Crippen molar-refractivity contribution in [3.05, 3.63) is 59.1 Å². The van der Waals surface area contributed by atoms with E-state index in [1.54, 1.807) is 24.3 Å². The highest BCUT2D eigenvalue weighted by atomic mass is 35.5. The third kappa shape index (κ3) is 6.57. The molecule has 2 N–H and O–H groups in total. The smallest absolute Gasteiger partial charge is 0.249 e.